The van der Waals surface area contributed by atoms with E-state index in [2.05, 4.69) is 24.1 Å². The highest BCUT2D eigenvalue weighted by Crippen LogP contribution is 2.33. The fraction of sp³-hybridized carbons (Fsp3) is 0.241. The summed E-state index contributed by atoms with van der Waals surface area (Å²) in [6, 6.07) is 30.5. The van der Waals surface area contributed by atoms with Crippen molar-refractivity contribution < 1.29 is 9.21 Å². The molecule has 0 aliphatic carbocycles. The molecule has 2 heterocycles. The van der Waals surface area contributed by atoms with Gasteiger partial charge in [0.2, 0.25) is 5.91 Å². The monoisotopic (exact) mass is 451 g/mol. The molecule has 1 aliphatic rings. The Kier molecular flexibility index (Phi) is 6.54. The van der Waals surface area contributed by atoms with E-state index < -0.39 is 0 Å². The van der Waals surface area contributed by atoms with E-state index in [4.69, 9.17) is 9.40 Å². The van der Waals surface area contributed by atoms with Gasteiger partial charge in [0.25, 0.3) is 0 Å². The Hall–Kier alpha value is -3.70. The van der Waals surface area contributed by atoms with E-state index >= 15 is 0 Å². The van der Waals surface area contributed by atoms with Gasteiger partial charge >= 0.3 is 0 Å². The van der Waals surface area contributed by atoms with E-state index in [1.165, 1.54) is 5.56 Å². The fourth-order valence-corrected chi connectivity index (χ4v) is 4.58. The first-order valence-corrected chi connectivity index (χ1v) is 11.8. The molecule has 1 fully saturated rings. The van der Waals surface area contributed by atoms with Crippen molar-refractivity contribution in [3.63, 3.8) is 0 Å². The van der Waals surface area contributed by atoms with Crippen molar-refractivity contribution in [3.05, 3.63) is 102 Å². The lowest BCUT2D eigenvalue weighted by molar-refractivity contribution is -0.136. The van der Waals surface area contributed by atoms with Crippen molar-refractivity contribution in [2.24, 2.45) is 0 Å². The van der Waals surface area contributed by atoms with Gasteiger partial charge in [0.15, 0.2) is 11.7 Å². The number of rotatable bonds is 6. The van der Waals surface area contributed by atoms with Gasteiger partial charge in [0.1, 0.15) is 5.69 Å². The minimum Gasteiger partial charge on any atom is -0.440 e. The minimum absolute atomic E-state index is 0.0665. The van der Waals surface area contributed by atoms with Gasteiger partial charge in [-0.2, -0.15) is 0 Å². The number of carbonyl (C=O) groups excluding carboxylic acids is 1. The highest BCUT2D eigenvalue weighted by molar-refractivity contribution is 5.78. The van der Waals surface area contributed by atoms with Gasteiger partial charge in [-0.1, -0.05) is 91.0 Å². The summed E-state index contributed by atoms with van der Waals surface area (Å²) in [4.78, 5) is 22.5. The Morgan fingerprint density at radius 2 is 1.50 bits per heavy atom. The number of hydrogen-bond acceptors (Lipinski definition) is 4. The number of likely N-dealkylation sites (N-methyl/N-ethyl adjacent to an activating group) is 1. The molecule has 5 heteroatoms. The molecule has 1 unspecified atom stereocenters. The number of carbonyl (C=O) groups is 1. The first-order chi connectivity index (χ1) is 16.7. The number of benzene rings is 3. The van der Waals surface area contributed by atoms with Crippen molar-refractivity contribution in [2.45, 2.75) is 18.9 Å². The van der Waals surface area contributed by atoms with Gasteiger partial charge in [-0.25, -0.2) is 4.98 Å². The fourth-order valence-electron chi connectivity index (χ4n) is 4.58. The van der Waals surface area contributed by atoms with Crippen LogP contribution in [-0.4, -0.2) is 47.4 Å². The number of oxazole rings is 1. The van der Waals surface area contributed by atoms with Crippen LogP contribution in [0.5, 0.6) is 0 Å². The molecular formula is C29H29N3O2. The van der Waals surface area contributed by atoms with E-state index in [0.717, 1.165) is 42.2 Å². The standard InChI is InChI=1S/C29H29N3O2/c1-31-19-20-32(25(21-31)22-11-5-2-6-12-22)27(33)18-17-26-30-28(23-13-7-3-8-14-23)29(34-26)24-15-9-4-10-16-24/h2-16,25H,17-21H2,1H3. The molecule has 0 N–H and O–H groups in total. The number of hydrogen-bond donors (Lipinski definition) is 0. The molecule has 5 nitrogen and oxygen atoms in total. The van der Waals surface area contributed by atoms with Gasteiger partial charge in [-0.15, -0.1) is 0 Å². The highest BCUT2D eigenvalue weighted by Gasteiger charge is 2.30. The molecule has 0 bridgehead atoms. The third kappa shape index (κ3) is 4.80. The third-order valence-corrected chi connectivity index (χ3v) is 6.40. The lowest BCUT2D eigenvalue weighted by atomic mass is 10.0. The SMILES string of the molecule is CN1CCN(C(=O)CCc2nc(-c3ccccc3)c(-c3ccccc3)o2)C(c2ccccc2)C1. The third-order valence-electron chi connectivity index (χ3n) is 6.40. The zero-order valence-electron chi connectivity index (χ0n) is 19.4. The van der Waals surface area contributed by atoms with Crippen LogP contribution in [0.3, 0.4) is 0 Å². The quantitative estimate of drug-likeness (QED) is 0.391. The lowest BCUT2D eigenvalue weighted by Gasteiger charge is -2.40. The van der Waals surface area contributed by atoms with Gasteiger partial charge in [0.05, 0.1) is 6.04 Å². The summed E-state index contributed by atoms with van der Waals surface area (Å²) in [5.74, 6) is 1.48. The molecule has 1 atom stereocenters. The molecule has 1 aliphatic heterocycles. The van der Waals surface area contributed by atoms with Gasteiger partial charge in [-0.05, 0) is 12.6 Å². The second kappa shape index (κ2) is 10.1. The van der Waals surface area contributed by atoms with Crippen LogP contribution in [0.15, 0.2) is 95.4 Å². The lowest BCUT2D eigenvalue weighted by Crippen LogP contribution is -2.49. The van der Waals surface area contributed by atoms with Crippen LogP contribution >= 0.6 is 0 Å². The molecule has 0 saturated carbocycles. The molecule has 1 aromatic heterocycles. The van der Waals surface area contributed by atoms with Crippen LogP contribution in [0.25, 0.3) is 22.6 Å². The van der Waals surface area contributed by atoms with Crippen molar-refractivity contribution >= 4 is 5.91 Å². The van der Waals surface area contributed by atoms with E-state index in [-0.39, 0.29) is 11.9 Å². The number of aryl methyl sites for hydroxylation is 1. The average molecular weight is 452 g/mol. The largest absolute Gasteiger partial charge is 0.440 e. The Morgan fingerprint density at radius 3 is 2.18 bits per heavy atom. The molecule has 0 radical (unpaired) electrons. The maximum Gasteiger partial charge on any atom is 0.223 e. The second-order valence-electron chi connectivity index (χ2n) is 8.79. The number of nitrogens with zero attached hydrogens (tertiary/aromatic N) is 3. The Labute approximate surface area is 200 Å². The van der Waals surface area contributed by atoms with Crippen LogP contribution in [0.2, 0.25) is 0 Å². The maximum absolute atomic E-state index is 13.3. The predicted octanol–water partition coefficient (Wildman–Crippen LogP) is 5.46. The van der Waals surface area contributed by atoms with Gasteiger partial charge in [0, 0.05) is 43.6 Å². The molecular weight excluding hydrogens is 422 g/mol. The van der Waals surface area contributed by atoms with E-state index in [1.54, 1.807) is 0 Å². The van der Waals surface area contributed by atoms with Crippen LogP contribution in [-0.2, 0) is 11.2 Å². The van der Waals surface area contributed by atoms with Crippen LogP contribution in [0.1, 0.15) is 23.9 Å². The van der Waals surface area contributed by atoms with E-state index in [9.17, 15) is 4.79 Å². The molecule has 34 heavy (non-hydrogen) atoms. The van der Waals surface area contributed by atoms with E-state index in [0.29, 0.717) is 18.7 Å². The first kappa shape index (κ1) is 22.1. The predicted molar refractivity (Wildman–Crippen MR) is 134 cm³/mol. The molecule has 1 amide bonds. The topological polar surface area (TPSA) is 49.6 Å². The number of aromatic nitrogens is 1. The van der Waals surface area contributed by atoms with Crippen molar-refractivity contribution in [1.29, 1.82) is 0 Å². The summed E-state index contributed by atoms with van der Waals surface area (Å²) in [7, 11) is 2.11. The van der Waals surface area contributed by atoms with Gasteiger partial charge in [-0.3, -0.25) is 4.79 Å². The zero-order chi connectivity index (χ0) is 23.3. The summed E-state index contributed by atoms with van der Waals surface area (Å²) in [6.45, 7) is 2.44. The molecule has 3 aromatic carbocycles. The molecule has 0 spiro atoms. The van der Waals surface area contributed by atoms with Crippen LogP contribution in [0, 0.1) is 0 Å². The van der Waals surface area contributed by atoms with Crippen molar-refractivity contribution in [2.75, 3.05) is 26.7 Å². The molecule has 172 valence electrons. The second-order valence-corrected chi connectivity index (χ2v) is 8.79. The molecule has 4 aromatic rings. The van der Waals surface area contributed by atoms with Crippen LogP contribution in [0.4, 0.5) is 0 Å². The number of piperazine rings is 1. The molecule has 1 saturated heterocycles. The van der Waals surface area contributed by atoms with Crippen LogP contribution < -0.4 is 0 Å². The van der Waals surface area contributed by atoms with E-state index in [1.807, 2.05) is 83.8 Å². The first-order valence-electron chi connectivity index (χ1n) is 11.8. The Balaban J connectivity index is 1.36. The summed E-state index contributed by atoms with van der Waals surface area (Å²) in [5, 5.41) is 0. The maximum atomic E-state index is 13.3. The van der Waals surface area contributed by atoms with Crippen molar-refractivity contribution in [3.8, 4) is 22.6 Å². The Morgan fingerprint density at radius 1 is 0.882 bits per heavy atom. The summed E-state index contributed by atoms with van der Waals surface area (Å²) in [5.41, 5.74) is 3.98. The molecule has 5 rings (SSSR count). The average Bonchev–Trinajstić information content (AvgIpc) is 3.33. The van der Waals surface area contributed by atoms with Gasteiger partial charge < -0.3 is 14.2 Å². The summed E-state index contributed by atoms with van der Waals surface area (Å²) in [6.07, 6.45) is 0.843. The summed E-state index contributed by atoms with van der Waals surface area (Å²) >= 11 is 0. The summed E-state index contributed by atoms with van der Waals surface area (Å²) < 4.78 is 6.23. The van der Waals surface area contributed by atoms with Crippen molar-refractivity contribution in [1.82, 2.24) is 14.8 Å². The minimum atomic E-state index is 0.0665. The Bertz CT molecular complexity index is 1170. The highest BCUT2D eigenvalue weighted by atomic mass is 16.4. The zero-order valence-corrected chi connectivity index (χ0v) is 19.4. The smallest absolute Gasteiger partial charge is 0.223 e. The number of amides is 1. The normalized spacial score (nSPS) is 16.5.